The summed E-state index contributed by atoms with van der Waals surface area (Å²) in [6, 6.07) is 16.3. The van der Waals surface area contributed by atoms with E-state index >= 15 is 0 Å². The topological polar surface area (TPSA) is 71.3 Å². The van der Waals surface area contributed by atoms with Crippen molar-refractivity contribution in [2.75, 3.05) is 18.0 Å². The number of nitrogens with one attached hydrogen (secondary N) is 1. The second-order valence-electron chi connectivity index (χ2n) is 6.44. The monoisotopic (exact) mass is 382 g/mol. The lowest BCUT2D eigenvalue weighted by atomic mass is 10.1. The van der Waals surface area contributed by atoms with Gasteiger partial charge < -0.3 is 14.6 Å². The lowest BCUT2D eigenvalue weighted by molar-refractivity contribution is 0.0938. The highest BCUT2D eigenvalue weighted by Gasteiger charge is 2.26. The van der Waals surface area contributed by atoms with Gasteiger partial charge in [-0.05, 0) is 42.7 Å². The first-order valence-electron chi connectivity index (χ1n) is 8.90. The SMILES string of the molecule is O=C(NC(c1ccccc1)c1nnc(N2CCCC2)o1)c1ccc(Cl)cc1. The molecule has 1 aliphatic rings. The molecule has 0 radical (unpaired) electrons. The Morgan fingerprint density at radius 1 is 1.04 bits per heavy atom. The summed E-state index contributed by atoms with van der Waals surface area (Å²) in [7, 11) is 0. The van der Waals surface area contributed by atoms with E-state index in [1.807, 2.05) is 30.3 Å². The minimum atomic E-state index is -0.529. The molecule has 1 atom stereocenters. The normalized spacial score (nSPS) is 14.9. The summed E-state index contributed by atoms with van der Waals surface area (Å²) in [6.45, 7) is 1.82. The molecule has 1 saturated heterocycles. The number of anilines is 1. The van der Waals surface area contributed by atoms with E-state index in [1.165, 1.54) is 0 Å². The summed E-state index contributed by atoms with van der Waals surface area (Å²) >= 11 is 5.91. The van der Waals surface area contributed by atoms with E-state index in [0.717, 1.165) is 31.5 Å². The molecule has 1 N–H and O–H groups in total. The van der Waals surface area contributed by atoms with Gasteiger partial charge in [-0.1, -0.05) is 47.0 Å². The van der Waals surface area contributed by atoms with Gasteiger partial charge in [-0.15, -0.1) is 5.10 Å². The Labute approximate surface area is 162 Å². The van der Waals surface area contributed by atoms with Gasteiger partial charge in [0.2, 0.25) is 5.89 Å². The number of aromatic nitrogens is 2. The van der Waals surface area contributed by atoms with Crippen LogP contribution in [0.5, 0.6) is 0 Å². The number of carbonyl (C=O) groups excluding carboxylic acids is 1. The zero-order chi connectivity index (χ0) is 18.6. The smallest absolute Gasteiger partial charge is 0.318 e. The lowest BCUT2D eigenvalue weighted by Crippen LogP contribution is -2.29. The van der Waals surface area contributed by atoms with Crippen molar-refractivity contribution in [3.8, 4) is 0 Å². The second-order valence-corrected chi connectivity index (χ2v) is 6.88. The summed E-state index contributed by atoms with van der Waals surface area (Å²) in [6.07, 6.45) is 2.24. The van der Waals surface area contributed by atoms with Crippen LogP contribution in [0.3, 0.4) is 0 Å². The Kier molecular flexibility index (Phi) is 5.07. The van der Waals surface area contributed by atoms with Gasteiger partial charge in [0, 0.05) is 23.7 Å². The average molecular weight is 383 g/mol. The first-order chi connectivity index (χ1) is 13.2. The Bertz CT molecular complexity index is 905. The third kappa shape index (κ3) is 3.95. The van der Waals surface area contributed by atoms with Crippen LogP contribution in [0.15, 0.2) is 59.0 Å². The molecule has 7 heteroatoms. The molecule has 1 fully saturated rings. The Hall–Kier alpha value is -2.86. The number of halogens is 1. The number of benzene rings is 2. The molecule has 4 rings (SSSR count). The zero-order valence-corrected chi connectivity index (χ0v) is 15.4. The van der Waals surface area contributed by atoms with Crippen LogP contribution in [0, 0.1) is 0 Å². The summed E-state index contributed by atoms with van der Waals surface area (Å²) in [5.74, 6) is 0.131. The van der Waals surface area contributed by atoms with Crippen molar-refractivity contribution in [2.24, 2.45) is 0 Å². The van der Waals surface area contributed by atoms with E-state index in [1.54, 1.807) is 24.3 Å². The fraction of sp³-hybridized carbons (Fsp3) is 0.250. The molecule has 138 valence electrons. The van der Waals surface area contributed by atoms with Gasteiger partial charge in [0.25, 0.3) is 5.91 Å². The standard InChI is InChI=1S/C20H19ClN4O2/c21-16-10-8-15(9-11-16)18(26)22-17(14-6-2-1-3-7-14)19-23-24-20(27-19)25-12-4-5-13-25/h1-3,6-11,17H,4-5,12-13H2,(H,22,26). The van der Waals surface area contributed by atoms with Crippen LogP contribution in [0.1, 0.15) is 40.7 Å². The van der Waals surface area contributed by atoms with Crippen molar-refractivity contribution in [3.63, 3.8) is 0 Å². The van der Waals surface area contributed by atoms with Crippen molar-refractivity contribution < 1.29 is 9.21 Å². The molecule has 1 aliphatic heterocycles. The predicted octanol–water partition coefficient (Wildman–Crippen LogP) is 3.84. The fourth-order valence-electron chi connectivity index (χ4n) is 3.13. The maximum absolute atomic E-state index is 12.7. The number of nitrogens with zero attached hydrogens (tertiary/aromatic N) is 3. The molecule has 1 amide bonds. The van der Waals surface area contributed by atoms with Gasteiger partial charge in [0.1, 0.15) is 6.04 Å². The molecule has 0 aliphatic carbocycles. The molecule has 0 spiro atoms. The number of hydrogen-bond acceptors (Lipinski definition) is 5. The molecule has 1 unspecified atom stereocenters. The fourth-order valence-corrected chi connectivity index (χ4v) is 3.25. The van der Waals surface area contributed by atoms with Crippen LogP contribution in [-0.4, -0.2) is 29.2 Å². The zero-order valence-electron chi connectivity index (χ0n) is 14.6. The van der Waals surface area contributed by atoms with Crippen molar-refractivity contribution in [3.05, 3.63) is 76.6 Å². The van der Waals surface area contributed by atoms with Gasteiger partial charge in [0.15, 0.2) is 0 Å². The summed E-state index contributed by atoms with van der Waals surface area (Å²) in [5.41, 5.74) is 1.39. The highest BCUT2D eigenvalue weighted by atomic mass is 35.5. The highest BCUT2D eigenvalue weighted by molar-refractivity contribution is 6.30. The first-order valence-corrected chi connectivity index (χ1v) is 9.28. The molecular formula is C20H19ClN4O2. The van der Waals surface area contributed by atoms with Crippen LogP contribution >= 0.6 is 11.6 Å². The molecular weight excluding hydrogens is 364 g/mol. The van der Waals surface area contributed by atoms with Gasteiger partial charge in [0.05, 0.1) is 0 Å². The molecule has 6 nitrogen and oxygen atoms in total. The Balaban J connectivity index is 1.61. The summed E-state index contributed by atoms with van der Waals surface area (Å²) < 4.78 is 5.91. The average Bonchev–Trinajstić information content (AvgIpc) is 3.39. The largest absolute Gasteiger partial charge is 0.405 e. The van der Waals surface area contributed by atoms with Gasteiger partial charge >= 0.3 is 6.01 Å². The van der Waals surface area contributed by atoms with Crippen LogP contribution in [-0.2, 0) is 0 Å². The quantitative estimate of drug-likeness (QED) is 0.725. The number of hydrogen-bond donors (Lipinski definition) is 1. The van der Waals surface area contributed by atoms with Crippen LogP contribution < -0.4 is 10.2 Å². The van der Waals surface area contributed by atoms with E-state index < -0.39 is 6.04 Å². The van der Waals surface area contributed by atoms with E-state index in [-0.39, 0.29) is 5.91 Å². The molecule has 3 aromatic rings. The minimum Gasteiger partial charge on any atom is -0.405 e. The van der Waals surface area contributed by atoms with E-state index in [4.69, 9.17) is 16.0 Å². The van der Waals surface area contributed by atoms with E-state index in [2.05, 4.69) is 20.4 Å². The molecule has 0 saturated carbocycles. The molecule has 2 heterocycles. The maximum atomic E-state index is 12.7. The summed E-state index contributed by atoms with van der Waals surface area (Å²) in [5, 5.41) is 12.0. The van der Waals surface area contributed by atoms with E-state index in [0.29, 0.717) is 22.5 Å². The Morgan fingerprint density at radius 3 is 2.44 bits per heavy atom. The van der Waals surface area contributed by atoms with Gasteiger partial charge in [-0.25, -0.2) is 0 Å². The third-order valence-electron chi connectivity index (χ3n) is 4.57. The molecule has 1 aromatic heterocycles. The van der Waals surface area contributed by atoms with Crippen LogP contribution in [0.25, 0.3) is 0 Å². The van der Waals surface area contributed by atoms with Crippen molar-refractivity contribution in [1.82, 2.24) is 15.5 Å². The number of carbonyl (C=O) groups is 1. The van der Waals surface area contributed by atoms with Crippen molar-refractivity contribution >= 4 is 23.5 Å². The summed E-state index contributed by atoms with van der Waals surface area (Å²) in [4.78, 5) is 14.8. The van der Waals surface area contributed by atoms with Crippen LogP contribution in [0.4, 0.5) is 6.01 Å². The number of rotatable bonds is 5. The first kappa shape index (κ1) is 17.5. The third-order valence-corrected chi connectivity index (χ3v) is 4.82. The van der Waals surface area contributed by atoms with Gasteiger partial charge in [-0.2, -0.15) is 0 Å². The lowest BCUT2D eigenvalue weighted by Gasteiger charge is -2.16. The second kappa shape index (κ2) is 7.80. The van der Waals surface area contributed by atoms with Crippen molar-refractivity contribution in [2.45, 2.75) is 18.9 Å². The van der Waals surface area contributed by atoms with Crippen LogP contribution in [0.2, 0.25) is 5.02 Å². The van der Waals surface area contributed by atoms with E-state index in [9.17, 15) is 4.79 Å². The molecule has 2 aromatic carbocycles. The highest BCUT2D eigenvalue weighted by Crippen LogP contribution is 2.26. The molecule has 27 heavy (non-hydrogen) atoms. The minimum absolute atomic E-state index is 0.235. The maximum Gasteiger partial charge on any atom is 0.318 e. The van der Waals surface area contributed by atoms with Gasteiger partial charge in [-0.3, -0.25) is 4.79 Å². The number of amides is 1. The van der Waals surface area contributed by atoms with Crippen molar-refractivity contribution in [1.29, 1.82) is 0 Å². The molecule has 0 bridgehead atoms. The Morgan fingerprint density at radius 2 is 1.74 bits per heavy atom. The predicted molar refractivity (Wildman–Crippen MR) is 103 cm³/mol.